The quantitative estimate of drug-likeness (QED) is 0.385. The molecule has 2 N–H and O–H groups in total. The minimum atomic E-state index is -0.244. The fourth-order valence-electron chi connectivity index (χ4n) is 0.363. The lowest BCUT2D eigenvalue weighted by molar-refractivity contribution is -0.119. The van der Waals surface area contributed by atoms with E-state index in [1.807, 2.05) is 5.32 Å². The van der Waals surface area contributed by atoms with Crippen LogP contribution in [0.2, 0.25) is 0 Å². The summed E-state index contributed by atoms with van der Waals surface area (Å²) in [6.07, 6.45) is 1.90. The van der Waals surface area contributed by atoms with Crippen LogP contribution < -0.4 is 10.6 Å². The molecule has 0 aromatic carbocycles. The highest BCUT2D eigenvalue weighted by atomic mass is 16.1. The lowest BCUT2D eigenvalue weighted by atomic mass is 10.4. The Morgan fingerprint density at radius 1 is 1.78 bits per heavy atom. The first-order valence-corrected chi connectivity index (χ1v) is 2.63. The van der Waals surface area contributed by atoms with Gasteiger partial charge in [-0.15, -0.1) is 0 Å². The second kappa shape index (κ2) is 5.06. The Labute approximate surface area is 53.9 Å². The predicted molar refractivity (Wildman–Crippen MR) is 32.3 cm³/mol. The van der Waals surface area contributed by atoms with Gasteiger partial charge in [-0.05, 0) is 7.05 Å². The van der Waals surface area contributed by atoms with Crippen molar-refractivity contribution in [3.63, 3.8) is 0 Å². The Balaban J connectivity index is 3.19. The molecule has 4 heteroatoms. The van der Waals surface area contributed by atoms with Crippen LogP contribution in [-0.2, 0) is 4.79 Å². The monoisotopic (exact) mass is 127 g/mol. The third-order valence-electron chi connectivity index (χ3n) is 0.797. The molecule has 0 saturated heterocycles. The second-order valence-electron chi connectivity index (χ2n) is 1.51. The maximum Gasteiger partial charge on any atom is 0.234 e. The zero-order valence-corrected chi connectivity index (χ0v) is 5.27. The van der Waals surface area contributed by atoms with Gasteiger partial charge >= 0.3 is 0 Å². The summed E-state index contributed by atoms with van der Waals surface area (Å²) >= 11 is 0. The van der Waals surface area contributed by atoms with Crippen LogP contribution in [0.15, 0.2) is 0 Å². The molecule has 0 atom stereocenters. The highest BCUT2D eigenvalue weighted by molar-refractivity contribution is 5.77. The SMILES string of the molecule is CNCCC(=O)NC#N. The number of nitrogens with zero attached hydrogens (tertiary/aromatic N) is 1. The van der Waals surface area contributed by atoms with E-state index >= 15 is 0 Å². The van der Waals surface area contributed by atoms with Crippen molar-refractivity contribution in [2.75, 3.05) is 13.6 Å². The first-order chi connectivity index (χ1) is 4.31. The summed E-state index contributed by atoms with van der Waals surface area (Å²) in [6, 6.07) is 0. The smallest absolute Gasteiger partial charge is 0.234 e. The van der Waals surface area contributed by atoms with Crippen LogP contribution in [0.5, 0.6) is 0 Å². The van der Waals surface area contributed by atoms with Crippen LogP contribution >= 0.6 is 0 Å². The number of carbonyl (C=O) groups excluding carboxylic acids is 1. The molecule has 4 nitrogen and oxygen atoms in total. The van der Waals surface area contributed by atoms with E-state index in [0.29, 0.717) is 13.0 Å². The summed E-state index contributed by atoms with van der Waals surface area (Å²) in [4.78, 5) is 10.4. The van der Waals surface area contributed by atoms with Crippen molar-refractivity contribution in [3.8, 4) is 6.19 Å². The van der Waals surface area contributed by atoms with Gasteiger partial charge in [0.15, 0.2) is 6.19 Å². The molecular weight excluding hydrogens is 118 g/mol. The van der Waals surface area contributed by atoms with Crippen LogP contribution in [0.1, 0.15) is 6.42 Å². The van der Waals surface area contributed by atoms with Gasteiger partial charge in [0.25, 0.3) is 0 Å². The zero-order chi connectivity index (χ0) is 7.11. The Kier molecular flexibility index (Phi) is 4.46. The van der Waals surface area contributed by atoms with E-state index < -0.39 is 0 Å². The van der Waals surface area contributed by atoms with Gasteiger partial charge < -0.3 is 5.32 Å². The Morgan fingerprint density at radius 2 is 2.44 bits per heavy atom. The Morgan fingerprint density at radius 3 is 2.89 bits per heavy atom. The first kappa shape index (κ1) is 7.92. The molecule has 9 heavy (non-hydrogen) atoms. The number of hydrogen-bond acceptors (Lipinski definition) is 3. The second-order valence-corrected chi connectivity index (χ2v) is 1.51. The average molecular weight is 127 g/mol. The molecule has 0 rings (SSSR count). The molecule has 0 aliphatic rings. The van der Waals surface area contributed by atoms with Gasteiger partial charge in [-0.1, -0.05) is 0 Å². The number of nitrogens with one attached hydrogen (secondary N) is 2. The van der Waals surface area contributed by atoms with Gasteiger partial charge in [0, 0.05) is 13.0 Å². The number of rotatable bonds is 3. The lowest BCUT2D eigenvalue weighted by Crippen LogP contribution is -2.22. The van der Waals surface area contributed by atoms with Gasteiger partial charge in [0.1, 0.15) is 0 Å². The van der Waals surface area contributed by atoms with E-state index in [1.165, 1.54) is 0 Å². The van der Waals surface area contributed by atoms with E-state index in [1.54, 1.807) is 13.2 Å². The molecule has 1 amide bonds. The largest absolute Gasteiger partial charge is 0.319 e. The van der Waals surface area contributed by atoms with Crippen molar-refractivity contribution in [1.29, 1.82) is 5.26 Å². The molecule has 0 unspecified atom stereocenters. The summed E-state index contributed by atoms with van der Waals surface area (Å²) in [7, 11) is 1.75. The molecule has 0 aromatic rings. The van der Waals surface area contributed by atoms with Crippen LogP contribution in [0, 0.1) is 11.5 Å². The molecule has 0 aromatic heterocycles. The highest BCUT2D eigenvalue weighted by Gasteiger charge is 1.95. The normalized spacial score (nSPS) is 8.00. The van der Waals surface area contributed by atoms with Gasteiger partial charge in [-0.2, -0.15) is 5.26 Å². The molecule has 0 spiro atoms. The molecule has 50 valence electrons. The topological polar surface area (TPSA) is 64.9 Å². The number of nitriles is 1. The number of hydrogen-bond donors (Lipinski definition) is 2. The molecule has 0 aliphatic carbocycles. The molecule has 0 saturated carbocycles. The van der Waals surface area contributed by atoms with Crippen molar-refractivity contribution in [2.45, 2.75) is 6.42 Å². The minimum absolute atomic E-state index is 0.244. The Bertz CT molecular complexity index is 127. The molecule has 0 bridgehead atoms. The van der Waals surface area contributed by atoms with Crippen LogP contribution in [0.3, 0.4) is 0 Å². The highest BCUT2D eigenvalue weighted by Crippen LogP contribution is 1.72. The maximum absolute atomic E-state index is 10.4. The van der Waals surface area contributed by atoms with Crippen LogP contribution in [-0.4, -0.2) is 19.5 Å². The summed E-state index contributed by atoms with van der Waals surface area (Å²) in [6.45, 7) is 0.605. The zero-order valence-electron chi connectivity index (χ0n) is 5.27. The van der Waals surface area contributed by atoms with Gasteiger partial charge in [-0.25, -0.2) is 0 Å². The van der Waals surface area contributed by atoms with E-state index in [9.17, 15) is 4.79 Å². The molecule has 0 radical (unpaired) electrons. The van der Waals surface area contributed by atoms with Crippen molar-refractivity contribution in [2.24, 2.45) is 0 Å². The summed E-state index contributed by atoms with van der Waals surface area (Å²) in [5.74, 6) is -0.244. The molecule has 0 fully saturated rings. The number of carbonyl (C=O) groups is 1. The van der Waals surface area contributed by atoms with Gasteiger partial charge in [0.05, 0.1) is 0 Å². The molecule has 0 aliphatic heterocycles. The third-order valence-corrected chi connectivity index (χ3v) is 0.797. The fraction of sp³-hybridized carbons (Fsp3) is 0.600. The molecular formula is C5H9N3O. The van der Waals surface area contributed by atoms with Crippen molar-refractivity contribution < 1.29 is 4.79 Å². The predicted octanol–water partition coefficient (Wildman–Crippen LogP) is -0.807. The van der Waals surface area contributed by atoms with E-state index in [0.717, 1.165) is 0 Å². The number of amides is 1. The van der Waals surface area contributed by atoms with E-state index in [-0.39, 0.29) is 5.91 Å². The van der Waals surface area contributed by atoms with E-state index in [2.05, 4.69) is 5.32 Å². The van der Waals surface area contributed by atoms with E-state index in [4.69, 9.17) is 5.26 Å². The summed E-state index contributed by atoms with van der Waals surface area (Å²) in [5, 5.41) is 12.7. The van der Waals surface area contributed by atoms with Crippen LogP contribution in [0.25, 0.3) is 0 Å². The fourth-order valence-corrected chi connectivity index (χ4v) is 0.363. The van der Waals surface area contributed by atoms with Crippen molar-refractivity contribution in [1.82, 2.24) is 10.6 Å². The standard InChI is InChI=1S/C5H9N3O/c1-7-3-2-5(9)8-4-6/h7H,2-3H2,1H3,(H,8,9). The minimum Gasteiger partial charge on any atom is -0.319 e. The Hall–Kier alpha value is -1.08. The van der Waals surface area contributed by atoms with Gasteiger partial charge in [0.2, 0.25) is 5.91 Å². The first-order valence-electron chi connectivity index (χ1n) is 2.63. The van der Waals surface area contributed by atoms with Crippen molar-refractivity contribution >= 4 is 5.91 Å². The van der Waals surface area contributed by atoms with Crippen LogP contribution in [0.4, 0.5) is 0 Å². The summed E-state index contributed by atoms with van der Waals surface area (Å²) < 4.78 is 0. The summed E-state index contributed by atoms with van der Waals surface area (Å²) in [5.41, 5.74) is 0. The lowest BCUT2D eigenvalue weighted by Gasteiger charge is -1.93. The molecule has 0 heterocycles. The van der Waals surface area contributed by atoms with Crippen molar-refractivity contribution in [3.05, 3.63) is 0 Å². The van der Waals surface area contributed by atoms with Gasteiger partial charge in [-0.3, -0.25) is 10.1 Å². The maximum atomic E-state index is 10.4. The third kappa shape index (κ3) is 4.78. The average Bonchev–Trinajstić information content (AvgIpc) is 1.85.